The van der Waals surface area contributed by atoms with Crippen LogP contribution in [0.25, 0.3) is 0 Å². The van der Waals surface area contributed by atoms with E-state index >= 15 is 0 Å². The lowest BCUT2D eigenvalue weighted by Gasteiger charge is -2.12. The summed E-state index contributed by atoms with van der Waals surface area (Å²) in [6, 6.07) is 0.944. The van der Waals surface area contributed by atoms with Crippen molar-refractivity contribution < 1.29 is 23.1 Å². The molecule has 1 atom stereocenters. The Morgan fingerprint density at radius 2 is 1.94 bits per heavy atom. The van der Waals surface area contributed by atoms with Crippen LogP contribution in [0.15, 0.2) is 18.2 Å². The molecule has 0 spiro atoms. The fourth-order valence-corrected chi connectivity index (χ4v) is 1.34. The van der Waals surface area contributed by atoms with Crippen LogP contribution in [0, 0.1) is 0 Å². The topological polar surface area (TPSA) is 63.3 Å². The number of rotatable bonds is 2. The summed E-state index contributed by atoms with van der Waals surface area (Å²) in [5.41, 5.74) is 3.98. The van der Waals surface area contributed by atoms with Crippen molar-refractivity contribution in [1.29, 1.82) is 0 Å². The summed E-state index contributed by atoms with van der Waals surface area (Å²) in [4.78, 5) is 10.5. The van der Waals surface area contributed by atoms with Gasteiger partial charge in [0.15, 0.2) is 0 Å². The highest BCUT2D eigenvalue weighted by molar-refractivity contribution is 6.30. The molecule has 0 bridgehead atoms. The molecule has 1 aromatic rings. The van der Waals surface area contributed by atoms with E-state index in [0.29, 0.717) is 12.1 Å². The lowest BCUT2D eigenvalue weighted by atomic mass is 10.0. The molecular formula is C9H7ClF3NO2. The lowest BCUT2D eigenvalue weighted by Crippen LogP contribution is -2.21. The Morgan fingerprint density at radius 3 is 2.38 bits per heavy atom. The highest BCUT2D eigenvalue weighted by Crippen LogP contribution is 2.32. The summed E-state index contributed by atoms with van der Waals surface area (Å²) in [5.74, 6) is -1.42. The van der Waals surface area contributed by atoms with Crippen molar-refractivity contribution >= 4 is 17.6 Å². The number of alkyl halides is 3. The van der Waals surface area contributed by atoms with Crippen molar-refractivity contribution in [2.45, 2.75) is 12.2 Å². The molecular weight excluding hydrogens is 247 g/mol. The number of nitrogens with two attached hydrogens (primary N) is 1. The summed E-state index contributed by atoms with van der Waals surface area (Å²) < 4.78 is 37.1. The number of benzene rings is 1. The van der Waals surface area contributed by atoms with E-state index in [4.69, 9.17) is 22.4 Å². The van der Waals surface area contributed by atoms with E-state index in [1.165, 1.54) is 0 Å². The Bertz CT molecular complexity index is 420. The molecule has 0 saturated carbocycles. The first-order valence-electron chi connectivity index (χ1n) is 4.08. The Balaban J connectivity index is 3.23. The molecule has 16 heavy (non-hydrogen) atoms. The second-order valence-corrected chi connectivity index (χ2v) is 3.52. The van der Waals surface area contributed by atoms with E-state index in [2.05, 4.69) is 0 Å². The smallest absolute Gasteiger partial charge is 0.416 e. The molecule has 0 heterocycles. The third-order valence-corrected chi connectivity index (χ3v) is 2.09. The average molecular weight is 254 g/mol. The van der Waals surface area contributed by atoms with Crippen molar-refractivity contribution in [2.24, 2.45) is 5.73 Å². The van der Waals surface area contributed by atoms with Crippen molar-refractivity contribution in [3.63, 3.8) is 0 Å². The van der Waals surface area contributed by atoms with Gasteiger partial charge < -0.3 is 10.8 Å². The van der Waals surface area contributed by atoms with Crippen molar-refractivity contribution in [1.82, 2.24) is 0 Å². The predicted molar refractivity (Wildman–Crippen MR) is 51.0 cm³/mol. The van der Waals surface area contributed by atoms with Gasteiger partial charge in [-0.25, -0.2) is 0 Å². The monoisotopic (exact) mass is 253 g/mol. The van der Waals surface area contributed by atoms with Crippen LogP contribution >= 0.6 is 11.6 Å². The van der Waals surface area contributed by atoms with Crippen LogP contribution in [0.5, 0.6) is 0 Å². The molecule has 0 saturated heterocycles. The largest absolute Gasteiger partial charge is 0.480 e. The molecule has 1 aromatic carbocycles. The minimum absolute atomic E-state index is 0.188. The molecule has 3 N–H and O–H groups in total. The van der Waals surface area contributed by atoms with Gasteiger partial charge in [0.25, 0.3) is 0 Å². The zero-order chi connectivity index (χ0) is 12.5. The third-order valence-electron chi connectivity index (χ3n) is 1.87. The van der Waals surface area contributed by atoms with Gasteiger partial charge in [-0.15, -0.1) is 0 Å². The maximum atomic E-state index is 12.4. The first kappa shape index (κ1) is 12.8. The van der Waals surface area contributed by atoms with Gasteiger partial charge in [-0.1, -0.05) is 11.6 Å². The zero-order valence-electron chi connectivity index (χ0n) is 7.75. The van der Waals surface area contributed by atoms with E-state index in [1.54, 1.807) is 0 Å². The van der Waals surface area contributed by atoms with Crippen LogP contribution in [-0.2, 0) is 11.0 Å². The third kappa shape index (κ3) is 2.86. The highest BCUT2D eigenvalue weighted by atomic mass is 35.5. The van der Waals surface area contributed by atoms with Crippen LogP contribution in [0.1, 0.15) is 17.2 Å². The normalized spacial score (nSPS) is 13.6. The first-order chi connectivity index (χ1) is 7.21. The quantitative estimate of drug-likeness (QED) is 0.851. The summed E-state index contributed by atoms with van der Waals surface area (Å²) in [6.45, 7) is 0. The number of hydrogen-bond acceptors (Lipinski definition) is 2. The number of carboxylic acids is 1. The molecule has 3 nitrogen and oxygen atoms in total. The standard InChI is InChI=1S/C9H7ClF3NO2/c10-6-2-4(7(14)8(15)16)1-5(3-6)9(11,12)13/h1-3,7H,14H2,(H,15,16). The lowest BCUT2D eigenvalue weighted by molar-refractivity contribution is -0.140. The maximum Gasteiger partial charge on any atom is 0.416 e. The molecule has 1 rings (SSSR count). The summed E-state index contributed by atoms with van der Waals surface area (Å²) in [6.07, 6.45) is -4.59. The Morgan fingerprint density at radius 1 is 1.38 bits per heavy atom. The van der Waals surface area contributed by atoms with E-state index < -0.39 is 23.8 Å². The molecule has 0 aromatic heterocycles. The van der Waals surface area contributed by atoms with Gasteiger partial charge in [-0.3, -0.25) is 4.79 Å². The van der Waals surface area contributed by atoms with Crippen molar-refractivity contribution in [3.8, 4) is 0 Å². The molecule has 0 aliphatic rings. The van der Waals surface area contributed by atoms with Crippen LogP contribution in [-0.4, -0.2) is 11.1 Å². The van der Waals surface area contributed by atoms with Gasteiger partial charge in [0, 0.05) is 5.02 Å². The van der Waals surface area contributed by atoms with Crippen LogP contribution in [0.4, 0.5) is 13.2 Å². The second-order valence-electron chi connectivity index (χ2n) is 3.09. The molecule has 1 unspecified atom stereocenters. The van der Waals surface area contributed by atoms with E-state index in [9.17, 15) is 18.0 Å². The van der Waals surface area contributed by atoms with E-state index in [0.717, 1.165) is 6.07 Å². The molecule has 0 radical (unpaired) electrons. The Kier molecular flexibility index (Phi) is 3.44. The average Bonchev–Trinajstić information content (AvgIpc) is 2.14. The minimum Gasteiger partial charge on any atom is -0.480 e. The molecule has 7 heteroatoms. The van der Waals surface area contributed by atoms with Gasteiger partial charge in [-0.05, 0) is 23.8 Å². The fourth-order valence-electron chi connectivity index (χ4n) is 1.10. The Labute approximate surface area is 93.6 Å². The van der Waals surface area contributed by atoms with Gasteiger partial charge in [-0.2, -0.15) is 13.2 Å². The summed E-state index contributed by atoms with van der Waals surface area (Å²) in [5, 5.41) is 8.36. The van der Waals surface area contributed by atoms with Gasteiger partial charge in [0.05, 0.1) is 5.56 Å². The number of aliphatic carboxylic acids is 1. The van der Waals surface area contributed by atoms with Crippen molar-refractivity contribution in [3.05, 3.63) is 34.3 Å². The number of halogens is 4. The first-order valence-corrected chi connectivity index (χ1v) is 4.45. The highest BCUT2D eigenvalue weighted by Gasteiger charge is 2.32. The van der Waals surface area contributed by atoms with Crippen LogP contribution in [0.3, 0.4) is 0 Å². The SMILES string of the molecule is NC(C(=O)O)c1cc(Cl)cc(C(F)(F)F)c1. The minimum atomic E-state index is -4.59. The summed E-state index contributed by atoms with van der Waals surface area (Å²) >= 11 is 5.46. The molecule has 0 amide bonds. The molecule has 0 aliphatic heterocycles. The van der Waals surface area contributed by atoms with Gasteiger partial charge >= 0.3 is 12.1 Å². The summed E-state index contributed by atoms with van der Waals surface area (Å²) in [7, 11) is 0. The van der Waals surface area contributed by atoms with Crippen molar-refractivity contribution in [2.75, 3.05) is 0 Å². The zero-order valence-corrected chi connectivity index (χ0v) is 8.51. The molecule has 0 fully saturated rings. The van der Waals surface area contributed by atoms with Crippen LogP contribution in [0.2, 0.25) is 5.02 Å². The predicted octanol–water partition coefficient (Wildman–Crippen LogP) is 2.44. The number of carbonyl (C=O) groups is 1. The van der Waals surface area contributed by atoms with Crippen LogP contribution < -0.4 is 5.73 Å². The van der Waals surface area contributed by atoms with Gasteiger partial charge in [0.2, 0.25) is 0 Å². The Hall–Kier alpha value is -1.27. The molecule has 88 valence electrons. The number of carboxylic acid groups (broad SMARTS) is 1. The number of hydrogen-bond donors (Lipinski definition) is 2. The van der Waals surface area contributed by atoms with E-state index in [1.807, 2.05) is 0 Å². The molecule has 0 aliphatic carbocycles. The van der Waals surface area contributed by atoms with E-state index in [-0.39, 0.29) is 10.6 Å². The second kappa shape index (κ2) is 4.31. The van der Waals surface area contributed by atoms with Gasteiger partial charge in [0.1, 0.15) is 6.04 Å². The fraction of sp³-hybridized carbons (Fsp3) is 0.222. The maximum absolute atomic E-state index is 12.4.